The quantitative estimate of drug-likeness (QED) is 0.762. The first-order valence-corrected chi connectivity index (χ1v) is 10.1. The topological polar surface area (TPSA) is 40.6 Å². The van der Waals surface area contributed by atoms with Gasteiger partial charge in [-0.25, -0.2) is 0 Å². The summed E-state index contributed by atoms with van der Waals surface area (Å²) in [6.07, 6.45) is 5.16. The summed E-state index contributed by atoms with van der Waals surface area (Å²) in [5.41, 5.74) is 1.37. The molecule has 150 valence electrons. The molecule has 0 unspecified atom stereocenters. The first-order valence-electron chi connectivity index (χ1n) is 10.1. The van der Waals surface area contributed by atoms with E-state index >= 15 is 0 Å². The lowest BCUT2D eigenvalue weighted by Gasteiger charge is -2.37. The molecule has 0 aromatic heterocycles. The summed E-state index contributed by atoms with van der Waals surface area (Å²) in [5.74, 6) is 0.500. The van der Waals surface area contributed by atoms with Crippen LogP contribution >= 0.6 is 0 Å². The number of amides is 2. The number of rotatable bonds is 5. The lowest BCUT2D eigenvalue weighted by Crippen LogP contribution is -2.48. The van der Waals surface area contributed by atoms with E-state index in [-0.39, 0.29) is 28.8 Å². The fraction of sp³-hybridized carbons (Fsp3) is 0.652. The van der Waals surface area contributed by atoms with E-state index in [1.54, 1.807) is 4.90 Å². The molecule has 0 saturated heterocycles. The number of carbonyl (C=O) groups excluding carboxylic acids is 2. The van der Waals surface area contributed by atoms with Crippen LogP contribution in [0.15, 0.2) is 24.3 Å². The second-order valence-corrected chi connectivity index (χ2v) is 9.60. The molecule has 0 heterocycles. The second-order valence-electron chi connectivity index (χ2n) is 9.60. The van der Waals surface area contributed by atoms with Gasteiger partial charge in [0, 0.05) is 36.7 Å². The predicted octanol–water partition coefficient (Wildman–Crippen LogP) is 4.53. The first-order chi connectivity index (χ1) is 12.4. The molecule has 4 heteroatoms. The van der Waals surface area contributed by atoms with Crippen molar-refractivity contribution in [2.45, 2.75) is 77.8 Å². The third-order valence-electron chi connectivity index (χ3n) is 6.09. The van der Waals surface area contributed by atoms with Crippen LogP contribution in [0.25, 0.3) is 0 Å². The predicted molar refractivity (Wildman–Crippen MR) is 111 cm³/mol. The molecule has 27 heavy (non-hydrogen) atoms. The molecule has 1 aromatic rings. The summed E-state index contributed by atoms with van der Waals surface area (Å²) in [4.78, 5) is 29.1. The number of benzene rings is 1. The molecule has 2 amide bonds. The molecule has 1 fully saturated rings. The molecular weight excluding hydrogens is 336 g/mol. The normalized spacial score (nSPS) is 15.7. The van der Waals surface area contributed by atoms with Crippen LogP contribution in [0, 0.1) is 5.92 Å². The van der Waals surface area contributed by atoms with Crippen LogP contribution in [-0.4, -0.2) is 46.8 Å². The average Bonchev–Trinajstić information content (AvgIpc) is 3.13. The summed E-state index contributed by atoms with van der Waals surface area (Å²) < 4.78 is 0. The SMILES string of the molecule is CN(C(=O)c1ccc(CC(C)(C)N(C)C(=O)C2CCCC2)cc1)C(C)(C)C. The van der Waals surface area contributed by atoms with E-state index in [2.05, 4.69) is 13.8 Å². The lowest BCUT2D eigenvalue weighted by atomic mass is 9.91. The van der Waals surface area contributed by atoms with Gasteiger partial charge in [0.15, 0.2) is 0 Å². The summed E-state index contributed by atoms with van der Waals surface area (Å²) in [6.45, 7) is 10.3. The Morgan fingerprint density at radius 1 is 0.926 bits per heavy atom. The van der Waals surface area contributed by atoms with Gasteiger partial charge in [0.05, 0.1) is 0 Å². The summed E-state index contributed by atoms with van der Waals surface area (Å²) in [7, 11) is 3.76. The van der Waals surface area contributed by atoms with E-state index < -0.39 is 0 Å². The summed E-state index contributed by atoms with van der Waals surface area (Å²) >= 11 is 0. The minimum absolute atomic E-state index is 0.0295. The van der Waals surface area contributed by atoms with Crippen LogP contribution in [0.2, 0.25) is 0 Å². The van der Waals surface area contributed by atoms with Crippen LogP contribution in [0.4, 0.5) is 0 Å². The smallest absolute Gasteiger partial charge is 0.254 e. The van der Waals surface area contributed by atoms with Gasteiger partial charge in [-0.2, -0.15) is 0 Å². The Labute approximate surface area is 164 Å². The van der Waals surface area contributed by atoms with Crippen molar-refractivity contribution in [1.82, 2.24) is 9.80 Å². The largest absolute Gasteiger partial charge is 0.340 e. The number of hydrogen-bond acceptors (Lipinski definition) is 2. The number of likely N-dealkylation sites (N-methyl/N-ethyl adjacent to an activating group) is 1. The molecule has 0 N–H and O–H groups in total. The van der Waals surface area contributed by atoms with Crippen LogP contribution in [-0.2, 0) is 11.2 Å². The molecule has 0 spiro atoms. The molecule has 1 aromatic carbocycles. The highest BCUT2D eigenvalue weighted by molar-refractivity contribution is 5.94. The molecule has 4 nitrogen and oxygen atoms in total. The Morgan fingerprint density at radius 3 is 1.93 bits per heavy atom. The molecule has 0 aliphatic heterocycles. The summed E-state index contributed by atoms with van der Waals surface area (Å²) in [5, 5.41) is 0. The van der Waals surface area contributed by atoms with E-state index in [1.165, 1.54) is 12.8 Å². The van der Waals surface area contributed by atoms with E-state index in [4.69, 9.17) is 0 Å². The Balaban J connectivity index is 2.06. The van der Waals surface area contributed by atoms with Gasteiger partial charge in [-0.05, 0) is 71.6 Å². The maximum Gasteiger partial charge on any atom is 0.254 e. The number of nitrogens with zero attached hydrogens (tertiary/aromatic N) is 2. The van der Waals surface area contributed by atoms with Gasteiger partial charge in [0.1, 0.15) is 0 Å². The standard InChI is InChI=1S/C23H36N2O2/c1-22(2,3)24(6)20(26)19-14-12-17(13-15-19)16-23(4,5)25(7)21(27)18-10-8-9-11-18/h12-15,18H,8-11,16H2,1-7H3. The van der Waals surface area contributed by atoms with Gasteiger partial charge in [-0.15, -0.1) is 0 Å². The van der Waals surface area contributed by atoms with Gasteiger partial charge in [-0.3, -0.25) is 9.59 Å². The average molecular weight is 373 g/mol. The molecule has 0 atom stereocenters. The summed E-state index contributed by atoms with van der Waals surface area (Å²) in [6, 6.07) is 7.82. The fourth-order valence-electron chi connectivity index (χ4n) is 3.63. The van der Waals surface area contributed by atoms with Crippen LogP contribution in [0.3, 0.4) is 0 Å². The minimum atomic E-state index is -0.257. The number of carbonyl (C=O) groups is 2. The van der Waals surface area contributed by atoms with E-state index in [0.29, 0.717) is 5.56 Å². The van der Waals surface area contributed by atoms with Gasteiger partial charge in [0.2, 0.25) is 5.91 Å². The zero-order valence-electron chi connectivity index (χ0n) is 18.1. The maximum atomic E-state index is 12.8. The lowest BCUT2D eigenvalue weighted by molar-refractivity contribution is -0.138. The third kappa shape index (κ3) is 5.12. The van der Waals surface area contributed by atoms with Crippen LogP contribution in [0.5, 0.6) is 0 Å². The van der Waals surface area contributed by atoms with Gasteiger partial charge < -0.3 is 9.80 Å². The molecule has 1 aliphatic carbocycles. The zero-order valence-corrected chi connectivity index (χ0v) is 18.1. The van der Waals surface area contributed by atoms with Crippen molar-refractivity contribution in [2.75, 3.05) is 14.1 Å². The van der Waals surface area contributed by atoms with Gasteiger partial charge in [-0.1, -0.05) is 25.0 Å². The highest BCUT2D eigenvalue weighted by Gasteiger charge is 2.33. The molecular formula is C23H36N2O2. The van der Waals surface area contributed by atoms with Gasteiger partial charge >= 0.3 is 0 Å². The molecule has 1 aliphatic rings. The molecule has 0 bridgehead atoms. The first kappa shape index (κ1) is 21.5. The van der Waals surface area contributed by atoms with E-state index in [9.17, 15) is 9.59 Å². The molecule has 2 rings (SSSR count). The molecule has 0 radical (unpaired) electrons. The zero-order chi connectivity index (χ0) is 20.4. The van der Waals surface area contributed by atoms with Crippen molar-refractivity contribution in [3.05, 3.63) is 35.4 Å². The van der Waals surface area contributed by atoms with Crippen molar-refractivity contribution in [3.8, 4) is 0 Å². The Morgan fingerprint density at radius 2 is 1.44 bits per heavy atom. The Kier molecular flexibility index (Phi) is 6.39. The highest BCUT2D eigenvalue weighted by Crippen LogP contribution is 2.29. The minimum Gasteiger partial charge on any atom is -0.340 e. The van der Waals surface area contributed by atoms with Crippen molar-refractivity contribution in [3.63, 3.8) is 0 Å². The Bertz CT molecular complexity index is 665. The Hall–Kier alpha value is -1.84. The monoisotopic (exact) mass is 372 g/mol. The van der Waals surface area contributed by atoms with Crippen molar-refractivity contribution < 1.29 is 9.59 Å². The van der Waals surface area contributed by atoms with Crippen molar-refractivity contribution in [2.24, 2.45) is 5.92 Å². The third-order valence-corrected chi connectivity index (χ3v) is 6.09. The second kappa shape index (κ2) is 8.04. The highest BCUT2D eigenvalue weighted by atomic mass is 16.2. The van der Waals surface area contributed by atoms with Crippen molar-refractivity contribution in [1.29, 1.82) is 0 Å². The van der Waals surface area contributed by atoms with Crippen LogP contribution < -0.4 is 0 Å². The van der Waals surface area contributed by atoms with Crippen molar-refractivity contribution >= 4 is 11.8 Å². The number of hydrogen-bond donors (Lipinski definition) is 0. The van der Waals surface area contributed by atoms with Crippen LogP contribution in [0.1, 0.15) is 76.2 Å². The fourth-order valence-corrected chi connectivity index (χ4v) is 3.63. The van der Waals surface area contributed by atoms with Gasteiger partial charge in [0.25, 0.3) is 5.91 Å². The van der Waals surface area contributed by atoms with E-state index in [0.717, 1.165) is 24.8 Å². The maximum absolute atomic E-state index is 12.8. The molecule has 1 saturated carbocycles. The van der Waals surface area contributed by atoms with E-state index in [1.807, 2.05) is 64.0 Å².